The van der Waals surface area contributed by atoms with Gasteiger partial charge in [-0.3, -0.25) is 9.22 Å². The number of rotatable bonds is 17. The van der Waals surface area contributed by atoms with Gasteiger partial charge in [-0.1, -0.05) is 6.92 Å². The molecule has 4 aromatic rings. The van der Waals surface area contributed by atoms with Gasteiger partial charge in [-0.15, -0.1) is 15.3 Å². The van der Waals surface area contributed by atoms with E-state index in [-0.39, 0.29) is 144 Å². The summed E-state index contributed by atoms with van der Waals surface area (Å²) in [5.41, 5.74) is 4.21. The van der Waals surface area contributed by atoms with Gasteiger partial charge in [-0.25, -0.2) is 33.7 Å². The van der Waals surface area contributed by atoms with E-state index in [0.29, 0.717) is 0 Å². The molecule has 4 aromatic carbocycles. The van der Waals surface area contributed by atoms with Crippen molar-refractivity contribution in [3.63, 3.8) is 0 Å². The maximum Gasteiger partial charge on any atom is 1.00 e. The van der Waals surface area contributed by atoms with Crippen molar-refractivity contribution in [1.29, 1.82) is 0 Å². The standard InChI is InChI=1S/C28H29N5O17S5.3Na/c1-4-52(36,37)17-7-5-16(6-8-17)30-32-26-21(51-50-49-35)11-15-12-23(54(40,41)42)27(25(29)24(15)28(26)34)33-31-18-13-20(47-3)22(14-19(18)46-2)53(38,39)10-9-48-55(43,44)45;;;/h5-8,11-14,34-35H,4,9-10,29H2,1-3H3,(H,40,41,42)(H,43,44,45);;;/q;3*+1/p-3. The van der Waals surface area contributed by atoms with E-state index in [2.05, 4.69) is 34.0 Å². The zero-order chi connectivity index (χ0) is 40.9. The summed E-state index contributed by atoms with van der Waals surface area (Å²) in [6.07, 6.45) is 0. The van der Waals surface area contributed by atoms with Gasteiger partial charge in [0.2, 0.25) is 10.4 Å². The molecule has 58 heavy (non-hydrogen) atoms. The molecule has 0 unspecified atom stereocenters. The topological polar surface area (TPSA) is 348 Å². The van der Waals surface area contributed by atoms with Gasteiger partial charge in [-0.2, -0.15) is 9.45 Å². The molecule has 0 saturated heterocycles. The number of benzene rings is 4. The second-order valence-corrected chi connectivity index (χ2v) is 18.0. The van der Waals surface area contributed by atoms with Gasteiger partial charge in [0.15, 0.2) is 25.4 Å². The monoisotopic (exact) mass is 933 g/mol. The fraction of sp³-hybridized carbons (Fsp3) is 0.214. The Morgan fingerprint density at radius 3 is 1.91 bits per heavy atom. The summed E-state index contributed by atoms with van der Waals surface area (Å²) >= 11 is 0.212. The normalized spacial score (nSPS) is 12.2. The van der Waals surface area contributed by atoms with E-state index >= 15 is 0 Å². The first-order valence-corrected chi connectivity index (χ1v) is 21.4. The number of fused-ring (bicyclic) bond motifs is 1. The van der Waals surface area contributed by atoms with Crippen LogP contribution < -0.4 is 109 Å². The zero-order valence-corrected chi connectivity index (χ0v) is 41.2. The molecular weight excluding hydrogens is 908 g/mol. The van der Waals surface area contributed by atoms with Gasteiger partial charge in [0.1, 0.15) is 43.6 Å². The Morgan fingerprint density at radius 1 is 0.776 bits per heavy atom. The Bertz CT molecular complexity index is 2640. The summed E-state index contributed by atoms with van der Waals surface area (Å²) in [4.78, 5) is -1.80. The molecule has 0 aliphatic rings. The van der Waals surface area contributed by atoms with Crippen molar-refractivity contribution in [3.05, 3.63) is 48.5 Å². The number of nitrogen functional groups attached to an aromatic ring is 1. The van der Waals surface area contributed by atoms with Crippen LogP contribution >= 0.6 is 12.0 Å². The van der Waals surface area contributed by atoms with Gasteiger partial charge in [0, 0.05) is 12.1 Å². The Labute approximate surface area is 402 Å². The average molecular weight is 934 g/mol. The van der Waals surface area contributed by atoms with Crippen molar-refractivity contribution in [3.8, 4) is 17.2 Å². The molecule has 0 bridgehead atoms. The summed E-state index contributed by atoms with van der Waals surface area (Å²) in [5, 5.41) is 40.5. The van der Waals surface area contributed by atoms with Gasteiger partial charge >= 0.3 is 88.7 Å². The molecule has 4 rings (SSSR count). The smallest absolute Gasteiger partial charge is 0.744 e. The van der Waals surface area contributed by atoms with Crippen LogP contribution in [0.3, 0.4) is 0 Å². The molecule has 0 saturated carbocycles. The number of nitrogens with two attached hydrogens (primary N) is 1. The fourth-order valence-corrected chi connectivity index (χ4v) is 8.33. The number of nitrogens with zero attached hydrogens (tertiary/aromatic N) is 4. The van der Waals surface area contributed by atoms with Crippen molar-refractivity contribution in [2.45, 2.75) is 26.5 Å². The molecule has 298 valence electrons. The first-order valence-electron chi connectivity index (χ1n) is 14.6. The maximum atomic E-state index is 12.9. The predicted octanol–water partition coefficient (Wildman–Crippen LogP) is -5.83. The number of hydrogen-bond acceptors (Lipinski definition) is 23. The number of phenolic OH excluding ortho intramolecular Hbond substituents is 1. The second kappa shape index (κ2) is 22.5. The number of anilines is 1. The Hall–Kier alpha value is -1.55. The second-order valence-electron chi connectivity index (χ2n) is 10.5. The predicted molar refractivity (Wildman–Crippen MR) is 186 cm³/mol. The van der Waals surface area contributed by atoms with Crippen molar-refractivity contribution in [2.24, 2.45) is 20.5 Å². The first-order chi connectivity index (χ1) is 25.7. The van der Waals surface area contributed by atoms with Crippen molar-refractivity contribution < 1.29 is 165 Å². The van der Waals surface area contributed by atoms with E-state index in [0.717, 1.165) is 38.5 Å². The van der Waals surface area contributed by atoms with Gasteiger partial charge in [0.05, 0.1) is 75.8 Å². The summed E-state index contributed by atoms with van der Waals surface area (Å²) in [6.45, 7) is 0.439. The van der Waals surface area contributed by atoms with E-state index in [1.165, 1.54) is 31.2 Å². The molecule has 0 spiro atoms. The summed E-state index contributed by atoms with van der Waals surface area (Å²) in [7, 11) is -16.4. The van der Waals surface area contributed by atoms with E-state index in [1.807, 2.05) is 0 Å². The van der Waals surface area contributed by atoms with E-state index in [1.54, 1.807) is 0 Å². The van der Waals surface area contributed by atoms with Gasteiger partial charge in [0.25, 0.3) is 0 Å². The minimum Gasteiger partial charge on any atom is -0.744 e. The Balaban J connectivity index is 0.00000561. The minimum atomic E-state index is -5.42. The average Bonchev–Trinajstić information content (AvgIpc) is 3.11. The molecule has 0 amide bonds. The molecule has 3 N–H and O–H groups in total. The molecule has 0 aliphatic heterocycles. The number of sulfone groups is 2. The van der Waals surface area contributed by atoms with Crippen LogP contribution in [-0.2, 0) is 53.7 Å². The minimum absolute atomic E-state index is 0. The summed E-state index contributed by atoms with van der Waals surface area (Å²) in [6, 6.07) is 8.93. The van der Waals surface area contributed by atoms with Crippen LogP contribution in [-0.4, -0.2) is 80.2 Å². The third kappa shape index (κ3) is 13.5. The van der Waals surface area contributed by atoms with E-state index < -0.39 is 90.9 Å². The quantitative estimate of drug-likeness (QED) is 0.0146. The van der Waals surface area contributed by atoms with Crippen molar-refractivity contribution in [1.82, 2.24) is 0 Å². The third-order valence-corrected chi connectivity index (χ3v) is 12.6. The number of phenols is 1. The number of azo groups is 2. The number of ether oxygens (including phenoxy) is 2. The van der Waals surface area contributed by atoms with Gasteiger partial charge < -0.3 is 34.7 Å². The largest absolute Gasteiger partial charge is 1.00 e. The fourth-order valence-electron chi connectivity index (χ4n) is 4.64. The van der Waals surface area contributed by atoms with Crippen LogP contribution in [0.1, 0.15) is 6.92 Å². The van der Waals surface area contributed by atoms with Crippen LogP contribution in [0.2, 0.25) is 0 Å². The van der Waals surface area contributed by atoms with Gasteiger partial charge in [-0.05, 0) is 41.8 Å². The molecule has 0 heterocycles. The van der Waals surface area contributed by atoms with Crippen LogP contribution in [0, 0.1) is 0 Å². The number of aromatic hydroxyl groups is 1. The van der Waals surface area contributed by atoms with Crippen molar-refractivity contribution in [2.75, 3.05) is 38.1 Å². The van der Waals surface area contributed by atoms with Crippen LogP contribution in [0.15, 0.2) is 88.6 Å². The molecule has 0 radical (unpaired) electrons. The zero-order valence-electron chi connectivity index (χ0n) is 31.1. The van der Waals surface area contributed by atoms with Crippen LogP contribution in [0.5, 0.6) is 17.2 Å². The molecule has 0 aromatic heterocycles. The Kier molecular flexibility index (Phi) is 21.1. The SMILES string of the molecule is CCS(=O)(=O)c1ccc(N=Nc2c(SOO[O-])cc3cc(S(=O)(=O)[O-])c(N=Nc4cc(OC)c(S(=O)(=O)CCOS(=O)(=O)[O-])cc4OC)c(N)c3c2O)cc1.[Na+].[Na+].[Na+]. The molecule has 0 aliphatic carbocycles. The van der Waals surface area contributed by atoms with Crippen molar-refractivity contribution >= 4 is 91.4 Å². The van der Waals surface area contributed by atoms with Crippen LogP contribution in [0.25, 0.3) is 10.8 Å². The molecular formula is C28H26N5Na3O17S5. The molecule has 0 fully saturated rings. The third-order valence-electron chi connectivity index (χ3n) is 7.21. The summed E-state index contributed by atoms with van der Waals surface area (Å²) < 4.78 is 138. The molecule has 0 atom stereocenters. The van der Waals surface area contributed by atoms with E-state index in [9.17, 15) is 53.1 Å². The van der Waals surface area contributed by atoms with Crippen LogP contribution in [0.4, 0.5) is 28.4 Å². The Morgan fingerprint density at radius 2 is 1.38 bits per heavy atom. The van der Waals surface area contributed by atoms with E-state index in [4.69, 9.17) is 15.2 Å². The maximum absolute atomic E-state index is 12.9. The number of hydrogen-bond donors (Lipinski definition) is 2. The molecule has 30 heteroatoms. The molecule has 22 nitrogen and oxygen atoms in total. The number of methoxy groups -OCH3 is 2. The summed E-state index contributed by atoms with van der Waals surface area (Å²) in [5.74, 6) is -2.65. The first kappa shape index (κ1) is 54.5.